The lowest BCUT2D eigenvalue weighted by Crippen LogP contribution is -2.15. The van der Waals surface area contributed by atoms with Gasteiger partial charge in [0.25, 0.3) is 0 Å². The molecule has 0 heterocycles. The largest absolute Gasteiger partial charge is 0.465 e. The van der Waals surface area contributed by atoms with E-state index in [0.29, 0.717) is 6.61 Å². The first-order valence-electron chi connectivity index (χ1n) is 8.89. The van der Waals surface area contributed by atoms with Gasteiger partial charge in [0, 0.05) is 0 Å². The normalized spacial score (nSPS) is 12.3. The molecular formula is C18H36O2. The molecule has 2 nitrogen and oxygen atoms in total. The van der Waals surface area contributed by atoms with Crippen LogP contribution in [-0.2, 0) is 9.53 Å². The van der Waals surface area contributed by atoms with Gasteiger partial charge in [0.2, 0.25) is 0 Å². The Balaban J connectivity index is 3.24. The van der Waals surface area contributed by atoms with Crippen LogP contribution in [0.4, 0.5) is 0 Å². The van der Waals surface area contributed by atoms with Crippen LogP contribution in [0.25, 0.3) is 0 Å². The predicted octanol–water partition coefficient (Wildman–Crippen LogP) is 5.89. The van der Waals surface area contributed by atoms with Crippen molar-refractivity contribution < 1.29 is 9.53 Å². The molecule has 0 spiro atoms. The van der Waals surface area contributed by atoms with Crippen molar-refractivity contribution in [1.29, 1.82) is 0 Å². The Kier molecular flexibility index (Phi) is 14.5. The van der Waals surface area contributed by atoms with Crippen molar-refractivity contribution in [2.45, 2.75) is 97.8 Å². The van der Waals surface area contributed by atoms with Crippen molar-refractivity contribution in [2.24, 2.45) is 5.92 Å². The van der Waals surface area contributed by atoms with Gasteiger partial charge in [-0.3, -0.25) is 4.79 Å². The smallest absolute Gasteiger partial charge is 0.308 e. The van der Waals surface area contributed by atoms with Gasteiger partial charge in [-0.25, -0.2) is 0 Å². The van der Waals surface area contributed by atoms with Crippen molar-refractivity contribution in [2.75, 3.05) is 6.61 Å². The number of carbonyl (C=O) groups excluding carboxylic acids is 1. The van der Waals surface area contributed by atoms with Crippen molar-refractivity contribution >= 4 is 5.97 Å². The number of rotatable bonds is 14. The molecule has 0 N–H and O–H groups in total. The van der Waals surface area contributed by atoms with Crippen LogP contribution in [0.2, 0.25) is 0 Å². The first-order valence-corrected chi connectivity index (χ1v) is 8.89. The number of hydrogen-bond acceptors (Lipinski definition) is 2. The zero-order valence-electron chi connectivity index (χ0n) is 14.1. The van der Waals surface area contributed by atoms with E-state index in [0.717, 1.165) is 19.3 Å². The molecule has 0 rings (SSSR count). The Hall–Kier alpha value is -0.530. The highest BCUT2D eigenvalue weighted by molar-refractivity contribution is 5.71. The van der Waals surface area contributed by atoms with Gasteiger partial charge in [-0.2, -0.15) is 0 Å². The number of esters is 1. The summed E-state index contributed by atoms with van der Waals surface area (Å²) < 4.78 is 5.16. The molecule has 1 unspecified atom stereocenters. The van der Waals surface area contributed by atoms with E-state index in [2.05, 4.69) is 6.92 Å². The maximum absolute atomic E-state index is 11.6. The zero-order chi connectivity index (χ0) is 15.1. The Morgan fingerprint density at radius 2 is 1.30 bits per heavy atom. The molecule has 1 atom stereocenters. The van der Waals surface area contributed by atoms with Crippen LogP contribution >= 0.6 is 0 Å². The Morgan fingerprint density at radius 1 is 0.800 bits per heavy atom. The fourth-order valence-corrected chi connectivity index (χ4v) is 2.40. The van der Waals surface area contributed by atoms with E-state index in [9.17, 15) is 4.79 Å². The van der Waals surface area contributed by atoms with Gasteiger partial charge in [0.1, 0.15) is 0 Å². The number of carbonyl (C=O) groups is 1. The summed E-state index contributed by atoms with van der Waals surface area (Å²) in [6, 6.07) is 0. The molecule has 0 bridgehead atoms. The highest BCUT2D eigenvalue weighted by atomic mass is 16.5. The second-order valence-corrected chi connectivity index (χ2v) is 6.04. The lowest BCUT2D eigenvalue weighted by molar-refractivity contribution is -0.148. The molecule has 2 heteroatoms. The maximum atomic E-state index is 11.6. The Labute approximate surface area is 126 Å². The third kappa shape index (κ3) is 12.5. The summed E-state index contributed by atoms with van der Waals surface area (Å²) in [6.45, 7) is 6.85. The third-order valence-electron chi connectivity index (χ3n) is 3.84. The molecular weight excluding hydrogens is 248 g/mol. The van der Waals surface area contributed by atoms with Crippen LogP contribution in [0, 0.1) is 5.92 Å². The summed E-state index contributed by atoms with van der Waals surface area (Å²) in [7, 11) is 0. The third-order valence-corrected chi connectivity index (χ3v) is 3.84. The summed E-state index contributed by atoms with van der Waals surface area (Å²) in [5.41, 5.74) is 0. The van der Waals surface area contributed by atoms with E-state index in [4.69, 9.17) is 4.74 Å². The second-order valence-electron chi connectivity index (χ2n) is 6.04. The van der Waals surface area contributed by atoms with E-state index in [1.165, 1.54) is 57.8 Å². The van der Waals surface area contributed by atoms with Gasteiger partial charge in [0.05, 0.1) is 12.5 Å². The Morgan fingerprint density at radius 3 is 1.80 bits per heavy atom. The lowest BCUT2D eigenvalue weighted by Gasteiger charge is -2.10. The monoisotopic (exact) mass is 284 g/mol. The van der Waals surface area contributed by atoms with E-state index in [1.54, 1.807) is 0 Å². The molecule has 0 aromatic carbocycles. The van der Waals surface area contributed by atoms with Gasteiger partial charge >= 0.3 is 5.97 Å². The molecule has 0 aliphatic heterocycles. The molecule has 0 amide bonds. The molecule has 0 aliphatic rings. The Bertz CT molecular complexity index is 213. The average molecular weight is 284 g/mol. The van der Waals surface area contributed by atoms with Gasteiger partial charge in [0.15, 0.2) is 0 Å². The van der Waals surface area contributed by atoms with Crippen molar-refractivity contribution in [3.05, 3.63) is 0 Å². The number of ether oxygens (including phenoxy) is 1. The minimum Gasteiger partial charge on any atom is -0.465 e. The van der Waals surface area contributed by atoms with E-state index < -0.39 is 0 Å². The highest BCUT2D eigenvalue weighted by Gasteiger charge is 2.13. The fraction of sp³-hybridized carbons (Fsp3) is 0.944. The van der Waals surface area contributed by atoms with Crippen LogP contribution < -0.4 is 0 Å². The van der Waals surface area contributed by atoms with Crippen molar-refractivity contribution in [1.82, 2.24) is 0 Å². The fourth-order valence-electron chi connectivity index (χ4n) is 2.40. The molecule has 0 saturated heterocycles. The SMILES string of the molecule is CCCCCCCCCCCCC(C)C(=O)OCCC. The van der Waals surface area contributed by atoms with Gasteiger partial charge in [-0.1, -0.05) is 85.0 Å². The predicted molar refractivity (Wildman–Crippen MR) is 86.9 cm³/mol. The van der Waals surface area contributed by atoms with Crippen molar-refractivity contribution in [3.63, 3.8) is 0 Å². The van der Waals surface area contributed by atoms with Gasteiger partial charge in [-0.15, -0.1) is 0 Å². The summed E-state index contributed by atoms with van der Waals surface area (Å²) in [6.07, 6.45) is 15.4. The molecule has 0 aromatic rings. The van der Waals surface area contributed by atoms with Crippen LogP contribution in [-0.4, -0.2) is 12.6 Å². The molecule has 0 aromatic heterocycles. The van der Waals surface area contributed by atoms with Gasteiger partial charge < -0.3 is 4.74 Å². The quantitative estimate of drug-likeness (QED) is 0.294. The van der Waals surface area contributed by atoms with Gasteiger partial charge in [-0.05, 0) is 12.8 Å². The topological polar surface area (TPSA) is 26.3 Å². The average Bonchev–Trinajstić information content (AvgIpc) is 2.46. The number of unbranched alkanes of at least 4 members (excludes halogenated alkanes) is 9. The number of hydrogen-bond donors (Lipinski definition) is 0. The second kappa shape index (κ2) is 14.9. The molecule has 20 heavy (non-hydrogen) atoms. The summed E-state index contributed by atoms with van der Waals surface area (Å²) >= 11 is 0. The van der Waals surface area contributed by atoms with Crippen LogP contribution in [0.5, 0.6) is 0 Å². The van der Waals surface area contributed by atoms with Crippen LogP contribution in [0.15, 0.2) is 0 Å². The highest BCUT2D eigenvalue weighted by Crippen LogP contribution is 2.14. The minimum atomic E-state index is -0.0113. The lowest BCUT2D eigenvalue weighted by atomic mass is 10.0. The van der Waals surface area contributed by atoms with Crippen molar-refractivity contribution in [3.8, 4) is 0 Å². The van der Waals surface area contributed by atoms with Crippen LogP contribution in [0.1, 0.15) is 97.8 Å². The molecule has 0 saturated carbocycles. The van der Waals surface area contributed by atoms with E-state index in [1.807, 2.05) is 13.8 Å². The molecule has 120 valence electrons. The van der Waals surface area contributed by atoms with Crippen LogP contribution in [0.3, 0.4) is 0 Å². The summed E-state index contributed by atoms with van der Waals surface area (Å²) in [5, 5.41) is 0. The maximum Gasteiger partial charge on any atom is 0.308 e. The minimum absolute atomic E-state index is 0.0113. The molecule has 0 radical (unpaired) electrons. The molecule has 0 aliphatic carbocycles. The van der Waals surface area contributed by atoms with E-state index in [-0.39, 0.29) is 11.9 Å². The summed E-state index contributed by atoms with van der Waals surface area (Å²) in [5.74, 6) is 0.0679. The summed E-state index contributed by atoms with van der Waals surface area (Å²) in [4.78, 5) is 11.6. The zero-order valence-corrected chi connectivity index (χ0v) is 14.1. The standard InChI is InChI=1S/C18H36O2/c1-4-6-7-8-9-10-11-12-13-14-15-17(3)18(19)20-16-5-2/h17H,4-16H2,1-3H3. The first-order chi connectivity index (χ1) is 9.72. The first kappa shape index (κ1) is 19.5. The molecule has 0 fully saturated rings. The van der Waals surface area contributed by atoms with E-state index >= 15 is 0 Å².